The zero-order valence-corrected chi connectivity index (χ0v) is 19.1. The SMILES string of the molecule is Cc1cc([C@@H]2[C@H](c3ccccn3)NC(=S)N2Cc2ccccc2)c(C)n1-c1ccccc1. The topological polar surface area (TPSA) is 33.1 Å². The number of hydrogen-bond acceptors (Lipinski definition) is 2. The number of thiocarbonyl (C=S) groups is 1. The van der Waals surface area contributed by atoms with Crippen LogP contribution in [0.1, 0.15) is 40.3 Å². The fourth-order valence-electron chi connectivity index (χ4n) is 4.76. The Hall–Kier alpha value is -3.44. The Morgan fingerprint density at radius 2 is 1.59 bits per heavy atom. The third-order valence-corrected chi connectivity index (χ3v) is 6.55. The molecule has 32 heavy (non-hydrogen) atoms. The smallest absolute Gasteiger partial charge is 0.170 e. The molecule has 3 heterocycles. The second-order valence-electron chi connectivity index (χ2n) is 8.24. The molecule has 0 spiro atoms. The van der Waals surface area contributed by atoms with Gasteiger partial charge in [0.25, 0.3) is 0 Å². The number of rotatable bonds is 5. The molecule has 1 saturated heterocycles. The van der Waals surface area contributed by atoms with Crippen molar-refractivity contribution < 1.29 is 0 Å². The molecule has 2 atom stereocenters. The highest BCUT2D eigenvalue weighted by atomic mass is 32.1. The van der Waals surface area contributed by atoms with Crippen LogP contribution in [0, 0.1) is 13.8 Å². The highest BCUT2D eigenvalue weighted by Crippen LogP contribution is 2.42. The van der Waals surface area contributed by atoms with Crippen LogP contribution in [-0.4, -0.2) is 19.6 Å². The van der Waals surface area contributed by atoms with Crippen LogP contribution in [-0.2, 0) is 6.54 Å². The van der Waals surface area contributed by atoms with Crippen molar-refractivity contribution in [3.63, 3.8) is 0 Å². The molecule has 2 aromatic heterocycles. The van der Waals surface area contributed by atoms with Gasteiger partial charge in [-0.15, -0.1) is 0 Å². The van der Waals surface area contributed by atoms with E-state index >= 15 is 0 Å². The summed E-state index contributed by atoms with van der Waals surface area (Å²) in [5.41, 5.74) is 7.11. The highest BCUT2D eigenvalue weighted by Gasteiger charge is 2.41. The number of nitrogens with one attached hydrogen (secondary N) is 1. The van der Waals surface area contributed by atoms with Crippen LogP contribution >= 0.6 is 12.2 Å². The van der Waals surface area contributed by atoms with E-state index in [0.717, 1.165) is 17.4 Å². The molecule has 160 valence electrons. The van der Waals surface area contributed by atoms with Crippen molar-refractivity contribution in [1.29, 1.82) is 0 Å². The van der Waals surface area contributed by atoms with E-state index < -0.39 is 0 Å². The molecule has 1 N–H and O–H groups in total. The summed E-state index contributed by atoms with van der Waals surface area (Å²) >= 11 is 5.85. The normalized spacial score (nSPS) is 18.1. The number of benzene rings is 2. The Labute approximate surface area is 194 Å². The first-order valence-corrected chi connectivity index (χ1v) is 11.3. The van der Waals surface area contributed by atoms with Gasteiger partial charge in [-0.05, 0) is 67.5 Å². The third kappa shape index (κ3) is 3.69. The summed E-state index contributed by atoms with van der Waals surface area (Å²) in [5, 5.41) is 4.33. The lowest BCUT2D eigenvalue weighted by Gasteiger charge is -2.28. The molecule has 0 bridgehead atoms. The van der Waals surface area contributed by atoms with Crippen LogP contribution in [0.15, 0.2) is 91.1 Å². The molecule has 0 saturated carbocycles. The van der Waals surface area contributed by atoms with Crippen LogP contribution in [0.25, 0.3) is 5.69 Å². The Morgan fingerprint density at radius 1 is 0.906 bits per heavy atom. The predicted octanol–water partition coefficient (Wildman–Crippen LogP) is 5.66. The third-order valence-electron chi connectivity index (χ3n) is 6.20. The van der Waals surface area contributed by atoms with Gasteiger partial charge < -0.3 is 14.8 Å². The molecule has 1 aliphatic rings. The van der Waals surface area contributed by atoms with E-state index in [1.54, 1.807) is 0 Å². The molecular weight excluding hydrogens is 412 g/mol. The van der Waals surface area contributed by atoms with Crippen molar-refractivity contribution in [3.05, 3.63) is 119 Å². The Morgan fingerprint density at radius 3 is 2.28 bits per heavy atom. The van der Waals surface area contributed by atoms with Gasteiger partial charge in [0.2, 0.25) is 0 Å². The minimum absolute atomic E-state index is 0.0165. The number of para-hydroxylation sites is 1. The predicted molar refractivity (Wildman–Crippen MR) is 133 cm³/mol. The van der Waals surface area contributed by atoms with Crippen LogP contribution in [0.3, 0.4) is 0 Å². The van der Waals surface area contributed by atoms with Crippen LogP contribution in [0.4, 0.5) is 0 Å². The number of aromatic nitrogens is 2. The number of pyridine rings is 1. The number of aryl methyl sites for hydroxylation is 1. The first kappa shape index (κ1) is 20.5. The van der Waals surface area contributed by atoms with E-state index in [1.807, 2.05) is 24.4 Å². The minimum Gasteiger partial charge on any atom is -0.352 e. The number of hydrogen-bond donors (Lipinski definition) is 1. The molecule has 2 aromatic carbocycles. The van der Waals surface area contributed by atoms with Crippen molar-refractivity contribution in [2.24, 2.45) is 0 Å². The first-order chi connectivity index (χ1) is 15.6. The molecule has 5 rings (SSSR count). The van der Waals surface area contributed by atoms with E-state index in [9.17, 15) is 0 Å². The molecule has 4 aromatic rings. The zero-order valence-electron chi connectivity index (χ0n) is 18.3. The summed E-state index contributed by atoms with van der Waals surface area (Å²) in [5.74, 6) is 0. The monoisotopic (exact) mass is 438 g/mol. The van der Waals surface area contributed by atoms with Gasteiger partial charge in [-0.1, -0.05) is 54.6 Å². The quantitative estimate of drug-likeness (QED) is 0.408. The summed E-state index contributed by atoms with van der Waals surface area (Å²) in [6.45, 7) is 5.12. The van der Waals surface area contributed by atoms with Crippen molar-refractivity contribution in [2.75, 3.05) is 0 Å². The largest absolute Gasteiger partial charge is 0.352 e. The average Bonchev–Trinajstić information content (AvgIpc) is 3.30. The molecule has 1 aliphatic heterocycles. The lowest BCUT2D eigenvalue weighted by atomic mass is 9.96. The van der Waals surface area contributed by atoms with Crippen molar-refractivity contribution in [2.45, 2.75) is 32.5 Å². The molecule has 0 unspecified atom stereocenters. The number of nitrogens with zero attached hydrogens (tertiary/aromatic N) is 3. The summed E-state index contributed by atoms with van der Waals surface area (Å²) in [6.07, 6.45) is 1.85. The van der Waals surface area contributed by atoms with E-state index in [0.29, 0.717) is 0 Å². The molecule has 0 amide bonds. The Bertz CT molecular complexity index is 1220. The molecule has 5 heteroatoms. The van der Waals surface area contributed by atoms with Gasteiger partial charge in [0.05, 0.1) is 17.8 Å². The maximum Gasteiger partial charge on any atom is 0.170 e. The van der Waals surface area contributed by atoms with E-state index in [4.69, 9.17) is 12.2 Å². The molecular formula is C27H26N4S. The molecule has 1 fully saturated rings. The van der Waals surface area contributed by atoms with E-state index in [2.05, 4.69) is 100 Å². The highest BCUT2D eigenvalue weighted by molar-refractivity contribution is 7.80. The fourth-order valence-corrected chi connectivity index (χ4v) is 5.06. The average molecular weight is 439 g/mol. The second kappa shape index (κ2) is 8.60. The van der Waals surface area contributed by atoms with Crippen molar-refractivity contribution in [1.82, 2.24) is 19.8 Å². The standard InChI is InChI=1S/C27H26N4S/c1-19-17-23(20(2)31(19)22-13-7-4-8-14-22)26-25(24-15-9-10-16-28-24)29-27(32)30(26)18-21-11-5-3-6-12-21/h3-17,25-26H,18H2,1-2H3,(H,29,32)/t25-,26+/m0/s1. The lowest BCUT2D eigenvalue weighted by Crippen LogP contribution is -2.29. The van der Waals surface area contributed by atoms with Gasteiger partial charge in [0, 0.05) is 29.8 Å². The maximum absolute atomic E-state index is 5.85. The zero-order chi connectivity index (χ0) is 22.1. The van der Waals surface area contributed by atoms with Crippen molar-refractivity contribution >= 4 is 17.3 Å². The van der Waals surface area contributed by atoms with Crippen LogP contribution in [0.5, 0.6) is 0 Å². The summed E-state index contributed by atoms with van der Waals surface area (Å²) < 4.78 is 2.33. The van der Waals surface area contributed by atoms with Gasteiger partial charge >= 0.3 is 0 Å². The van der Waals surface area contributed by atoms with Gasteiger partial charge in [-0.2, -0.15) is 0 Å². The van der Waals surface area contributed by atoms with E-state index in [-0.39, 0.29) is 12.1 Å². The summed E-state index contributed by atoms with van der Waals surface area (Å²) in [7, 11) is 0. The Kier molecular flexibility index (Phi) is 5.50. The van der Waals surface area contributed by atoms with Gasteiger partial charge in [0.15, 0.2) is 5.11 Å². The van der Waals surface area contributed by atoms with Gasteiger partial charge in [0.1, 0.15) is 0 Å². The van der Waals surface area contributed by atoms with Gasteiger partial charge in [-0.25, -0.2) is 0 Å². The fraction of sp³-hybridized carbons (Fsp3) is 0.185. The Balaban J connectivity index is 1.62. The van der Waals surface area contributed by atoms with E-state index in [1.165, 1.54) is 28.2 Å². The summed E-state index contributed by atoms with van der Waals surface area (Å²) in [6, 6.07) is 29.4. The van der Waals surface area contributed by atoms with Crippen molar-refractivity contribution in [3.8, 4) is 5.69 Å². The molecule has 4 nitrogen and oxygen atoms in total. The lowest BCUT2D eigenvalue weighted by molar-refractivity contribution is 0.310. The first-order valence-electron chi connectivity index (χ1n) is 10.9. The minimum atomic E-state index is -0.0165. The molecule has 0 radical (unpaired) electrons. The van der Waals surface area contributed by atoms with Gasteiger partial charge in [-0.3, -0.25) is 4.98 Å². The van der Waals surface area contributed by atoms with Crippen LogP contribution in [0.2, 0.25) is 0 Å². The van der Waals surface area contributed by atoms with Crippen LogP contribution < -0.4 is 5.32 Å². The second-order valence-corrected chi connectivity index (χ2v) is 8.62. The summed E-state index contributed by atoms with van der Waals surface area (Å²) in [4.78, 5) is 6.98. The maximum atomic E-state index is 5.85. The molecule has 0 aliphatic carbocycles.